The molecule has 1 aromatic rings. The summed E-state index contributed by atoms with van der Waals surface area (Å²) >= 11 is 0. The molecule has 0 spiro atoms. The van der Waals surface area contributed by atoms with Gasteiger partial charge in [-0.05, 0) is 37.3 Å². The Morgan fingerprint density at radius 2 is 1.54 bits per heavy atom. The van der Waals surface area contributed by atoms with Crippen LogP contribution in [0.25, 0.3) is 0 Å². The molecule has 0 saturated carbocycles. The molecule has 1 aliphatic heterocycles. The van der Waals surface area contributed by atoms with E-state index in [1.807, 2.05) is 41.8 Å². The fraction of sp³-hybridized carbons (Fsp3) is 0.619. The number of nitrogens with zero attached hydrogens (tertiary/aromatic N) is 2. The molecule has 144 valence electrons. The standard InChI is InChI=1S/C21H32N2O3/c1-16(2)15-20(25)23-12-10-22(11-13-23)19(24)9-6-14-26-21-17(3)7-5-8-18(21)4/h5,7-8,16H,6,9-15H2,1-4H3. The van der Waals surface area contributed by atoms with Gasteiger partial charge in [0.2, 0.25) is 11.8 Å². The lowest BCUT2D eigenvalue weighted by Crippen LogP contribution is -2.50. The number of hydrogen-bond donors (Lipinski definition) is 0. The Labute approximate surface area is 157 Å². The van der Waals surface area contributed by atoms with Crippen molar-refractivity contribution >= 4 is 11.8 Å². The van der Waals surface area contributed by atoms with Gasteiger partial charge in [0.15, 0.2) is 0 Å². The molecule has 0 bridgehead atoms. The molecule has 5 heteroatoms. The molecule has 2 rings (SSSR count). The van der Waals surface area contributed by atoms with Gasteiger partial charge in [-0.15, -0.1) is 0 Å². The zero-order chi connectivity index (χ0) is 19.1. The van der Waals surface area contributed by atoms with Gasteiger partial charge in [0.25, 0.3) is 0 Å². The highest BCUT2D eigenvalue weighted by molar-refractivity contribution is 5.78. The first-order valence-electron chi connectivity index (χ1n) is 9.63. The number of rotatable bonds is 7. The second-order valence-corrected chi connectivity index (χ2v) is 7.53. The summed E-state index contributed by atoms with van der Waals surface area (Å²) in [6, 6.07) is 6.09. The largest absolute Gasteiger partial charge is 0.493 e. The summed E-state index contributed by atoms with van der Waals surface area (Å²) in [4.78, 5) is 28.2. The second kappa shape index (κ2) is 9.60. The van der Waals surface area contributed by atoms with Crippen LogP contribution in [0.3, 0.4) is 0 Å². The molecule has 5 nitrogen and oxygen atoms in total. The molecule has 2 amide bonds. The van der Waals surface area contributed by atoms with Crippen LogP contribution < -0.4 is 4.74 Å². The Balaban J connectivity index is 1.69. The summed E-state index contributed by atoms with van der Waals surface area (Å²) < 4.78 is 5.87. The van der Waals surface area contributed by atoms with E-state index in [-0.39, 0.29) is 11.8 Å². The summed E-state index contributed by atoms with van der Waals surface area (Å²) in [5.41, 5.74) is 2.25. The molecule has 1 saturated heterocycles. The number of aryl methyl sites for hydroxylation is 2. The van der Waals surface area contributed by atoms with Crippen LogP contribution in [0.2, 0.25) is 0 Å². The first-order chi connectivity index (χ1) is 12.4. The van der Waals surface area contributed by atoms with Crippen molar-refractivity contribution in [1.82, 2.24) is 9.80 Å². The quantitative estimate of drug-likeness (QED) is 0.702. The highest BCUT2D eigenvalue weighted by Gasteiger charge is 2.24. The lowest BCUT2D eigenvalue weighted by molar-refractivity contribution is -0.140. The van der Waals surface area contributed by atoms with E-state index in [2.05, 4.69) is 13.8 Å². The number of hydrogen-bond acceptors (Lipinski definition) is 3. The van der Waals surface area contributed by atoms with E-state index in [1.165, 1.54) is 0 Å². The maximum absolute atomic E-state index is 12.4. The first-order valence-corrected chi connectivity index (χ1v) is 9.63. The van der Waals surface area contributed by atoms with Crippen LogP contribution in [-0.4, -0.2) is 54.4 Å². The average Bonchev–Trinajstić information content (AvgIpc) is 2.60. The molecule has 0 atom stereocenters. The minimum Gasteiger partial charge on any atom is -0.493 e. The Morgan fingerprint density at radius 3 is 2.08 bits per heavy atom. The number of benzene rings is 1. The van der Waals surface area contributed by atoms with Crippen molar-refractivity contribution in [3.8, 4) is 5.75 Å². The van der Waals surface area contributed by atoms with Crippen molar-refractivity contribution in [2.24, 2.45) is 5.92 Å². The van der Waals surface area contributed by atoms with Gasteiger partial charge in [0.1, 0.15) is 5.75 Å². The smallest absolute Gasteiger partial charge is 0.222 e. The summed E-state index contributed by atoms with van der Waals surface area (Å²) in [6.07, 6.45) is 1.79. The molecule has 0 N–H and O–H groups in total. The van der Waals surface area contributed by atoms with Gasteiger partial charge in [0.05, 0.1) is 6.61 Å². The zero-order valence-electron chi connectivity index (χ0n) is 16.6. The third kappa shape index (κ3) is 5.75. The number of piperazine rings is 1. The predicted octanol–water partition coefficient (Wildman–Crippen LogP) is 3.18. The lowest BCUT2D eigenvalue weighted by Gasteiger charge is -2.35. The maximum atomic E-state index is 12.4. The second-order valence-electron chi connectivity index (χ2n) is 7.53. The fourth-order valence-corrected chi connectivity index (χ4v) is 3.27. The lowest BCUT2D eigenvalue weighted by atomic mass is 10.1. The van der Waals surface area contributed by atoms with Gasteiger partial charge in [-0.3, -0.25) is 9.59 Å². The molecule has 1 aromatic carbocycles. The van der Waals surface area contributed by atoms with Crippen LogP contribution in [0.15, 0.2) is 18.2 Å². The number of carbonyl (C=O) groups excluding carboxylic acids is 2. The summed E-state index contributed by atoms with van der Waals surface area (Å²) in [5.74, 6) is 1.66. The van der Waals surface area contributed by atoms with Crippen LogP contribution in [0.4, 0.5) is 0 Å². The monoisotopic (exact) mass is 360 g/mol. The maximum Gasteiger partial charge on any atom is 0.222 e. The molecule has 0 unspecified atom stereocenters. The van der Waals surface area contributed by atoms with Crippen LogP contribution in [0.5, 0.6) is 5.75 Å². The van der Waals surface area contributed by atoms with Crippen molar-refractivity contribution < 1.29 is 14.3 Å². The summed E-state index contributed by atoms with van der Waals surface area (Å²) in [6.45, 7) is 11.3. The van der Waals surface area contributed by atoms with Gasteiger partial charge in [0, 0.05) is 39.0 Å². The highest BCUT2D eigenvalue weighted by Crippen LogP contribution is 2.22. The van der Waals surface area contributed by atoms with E-state index in [0.717, 1.165) is 16.9 Å². The minimum atomic E-state index is 0.158. The third-order valence-corrected chi connectivity index (χ3v) is 4.76. The SMILES string of the molecule is Cc1cccc(C)c1OCCCC(=O)N1CCN(C(=O)CC(C)C)CC1. The zero-order valence-corrected chi connectivity index (χ0v) is 16.6. The van der Waals surface area contributed by atoms with E-state index in [0.29, 0.717) is 58.0 Å². The van der Waals surface area contributed by atoms with E-state index < -0.39 is 0 Å². The Bertz CT molecular complexity index is 599. The molecular formula is C21H32N2O3. The van der Waals surface area contributed by atoms with E-state index in [1.54, 1.807) is 0 Å². The molecular weight excluding hydrogens is 328 g/mol. The highest BCUT2D eigenvalue weighted by atomic mass is 16.5. The number of ether oxygens (including phenoxy) is 1. The van der Waals surface area contributed by atoms with Gasteiger partial charge >= 0.3 is 0 Å². The van der Waals surface area contributed by atoms with Gasteiger partial charge in [-0.1, -0.05) is 32.0 Å². The topological polar surface area (TPSA) is 49.9 Å². The number of carbonyl (C=O) groups is 2. The molecule has 0 aromatic heterocycles. The molecule has 1 heterocycles. The molecule has 0 aliphatic carbocycles. The molecule has 0 radical (unpaired) electrons. The molecule has 1 fully saturated rings. The number of amides is 2. The van der Waals surface area contributed by atoms with Crippen LogP contribution in [0, 0.1) is 19.8 Å². The third-order valence-electron chi connectivity index (χ3n) is 4.76. The van der Waals surface area contributed by atoms with Gasteiger partial charge in [-0.2, -0.15) is 0 Å². The summed E-state index contributed by atoms with van der Waals surface area (Å²) in [7, 11) is 0. The Morgan fingerprint density at radius 1 is 1.00 bits per heavy atom. The van der Waals surface area contributed by atoms with Crippen LogP contribution >= 0.6 is 0 Å². The normalized spacial score (nSPS) is 14.7. The van der Waals surface area contributed by atoms with E-state index in [9.17, 15) is 9.59 Å². The van der Waals surface area contributed by atoms with Crippen LogP contribution in [-0.2, 0) is 9.59 Å². The Kier molecular flexibility index (Phi) is 7.49. The fourth-order valence-electron chi connectivity index (χ4n) is 3.27. The van der Waals surface area contributed by atoms with Crippen molar-refractivity contribution in [3.05, 3.63) is 29.3 Å². The first kappa shape index (κ1) is 20.3. The Hall–Kier alpha value is -2.04. The average molecular weight is 360 g/mol. The van der Waals surface area contributed by atoms with Crippen molar-refractivity contribution in [2.45, 2.75) is 47.0 Å². The van der Waals surface area contributed by atoms with Gasteiger partial charge in [-0.25, -0.2) is 0 Å². The minimum absolute atomic E-state index is 0.158. The van der Waals surface area contributed by atoms with Crippen molar-refractivity contribution in [1.29, 1.82) is 0 Å². The van der Waals surface area contributed by atoms with Gasteiger partial charge < -0.3 is 14.5 Å². The van der Waals surface area contributed by atoms with Crippen molar-refractivity contribution in [2.75, 3.05) is 32.8 Å². The van der Waals surface area contributed by atoms with E-state index in [4.69, 9.17) is 4.74 Å². The van der Waals surface area contributed by atoms with Crippen molar-refractivity contribution in [3.63, 3.8) is 0 Å². The predicted molar refractivity (Wildman–Crippen MR) is 103 cm³/mol. The van der Waals surface area contributed by atoms with E-state index >= 15 is 0 Å². The number of para-hydroxylation sites is 1. The summed E-state index contributed by atoms with van der Waals surface area (Å²) in [5, 5.41) is 0. The van der Waals surface area contributed by atoms with Crippen LogP contribution in [0.1, 0.15) is 44.2 Å². The molecule has 1 aliphatic rings. The molecule has 26 heavy (non-hydrogen) atoms.